The van der Waals surface area contributed by atoms with Crippen LogP contribution >= 0.6 is 0 Å². The van der Waals surface area contributed by atoms with Gasteiger partial charge in [0.25, 0.3) is 0 Å². The first-order chi connectivity index (χ1) is 5.57. The minimum atomic E-state index is 0.392. The summed E-state index contributed by atoms with van der Waals surface area (Å²) in [5, 5.41) is 0. The van der Waals surface area contributed by atoms with Crippen LogP contribution in [0.3, 0.4) is 0 Å². The molecule has 0 aliphatic carbocycles. The summed E-state index contributed by atoms with van der Waals surface area (Å²) in [6.45, 7) is 12.9. The van der Waals surface area contributed by atoms with Gasteiger partial charge < -0.3 is 4.74 Å². The minimum Gasteiger partial charge on any atom is -0.495 e. The molecule has 1 heteroatoms. The fourth-order valence-electron chi connectivity index (χ4n) is 1.95. The molecule has 1 saturated heterocycles. The van der Waals surface area contributed by atoms with Crippen molar-refractivity contribution in [2.45, 2.75) is 40.2 Å². The van der Waals surface area contributed by atoms with Crippen LogP contribution in [-0.4, -0.2) is 6.10 Å². The van der Waals surface area contributed by atoms with Crippen molar-refractivity contribution in [1.82, 2.24) is 0 Å². The van der Waals surface area contributed by atoms with E-state index in [1.165, 1.54) is 0 Å². The summed E-state index contributed by atoms with van der Waals surface area (Å²) < 4.78 is 5.74. The molecule has 0 aromatic rings. The standard InChI is InChI=1S/C11H20O/c1-6-11-9(4)7(2)8(3)10(5)12-11/h7-9,11H,5-6H2,1-4H3. The van der Waals surface area contributed by atoms with Crippen LogP contribution in [0.2, 0.25) is 0 Å². The quantitative estimate of drug-likeness (QED) is 0.584. The van der Waals surface area contributed by atoms with Crippen LogP contribution in [0, 0.1) is 17.8 Å². The Morgan fingerprint density at radius 1 is 1.25 bits per heavy atom. The zero-order chi connectivity index (χ0) is 9.30. The summed E-state index contributed by atoms with van der Waals surface area (Å²) in [5.41, 5.74) is 0. The van der Waals surface area contributed by atoms with Crippen LogP contribution in [0.25, 0.3) is 0 Å². The highest BCUT2D eigenvalue weighted by atomic mass is 16.5. The molecule has 12 heavy (non-hydrogen) atoms. The molecule has 0 bridgehead atoms. The monoisotopic (exact) mass is 168 g/mol. The third-order valence-electron chi connectivity index (χ3n) is 3.42. The maximum atomic E-state index is 5.74. The van der Waals surface area contributed by atoms with Gasteiger partial charge in [0, 0.05) is 5.92 Å². The number of ether oxygens (including phenoxy) is 1. The van der Waals surface area contributed by atoms with Crippen LogP contribution < -0.4 is 0 Å². The van der Waals surface area contributed by atoms with Gasteiger partial charge in [0.05, 0.1) is 5.76 Å². The zero-order valence-electron chi connectivity index (χ0n) is 8.63. The van der Waals surface area contributed by atoms with Gasteiger partial charge in [-0.25, -0.2) is 0 Å². The summed E-state index contributed by atoms with van der Waals surface area (Å²) in [5.74, 6) is 2.86. The molecule has 0 N–H and O–H groups in total. The van der Waals surface area contributed by atoms with Crippen LogP contribution in [0.4, 0.5) is 0 Å². The van der Waals surface area contributed by atoms with E-state index in [0.29, 0.717) is 23.9 Å². The van der Waals surface area contributed by atoms with Gasteiger partial charge in [-0.05, 0) is 18.3 Å². The first-order valence-electron chi connectivity index (χ1n) is 4.93. The summed E-state index contributed by atoms with van der Waals surface area (Å²) in [4.78, 5) is 0. The zero-order valence-corrected chi connectivity index (χ0v) is 8.63. The molecular weight excluding hydrogens is 148 g/mol. The topological polar surface area (TPSA) is 9.23 Å². The van der Waals surface area contributed by atoms with Crippen molar-refractivity contribution < 1.29 is 4.74 Å². The normalized spacial score (nSPS) is 42.5. The number of allylic oxidation sites excluding steroid dienone is 1. The first-order valence-corrected chi connectivity index (χ1v) is 4.93. The Balaban J connectivity index is 2.70. The van der Waals surface area contributed by atoms with Gasteiger partial charge in [0.1, 0.15) is 6.10 Å². The van der Waals surface area contributed by atoms with Gasteiger partial charge in [0.15, 0.2) is 0 Å². The minimum absolute atomic E-state index is 0.392. The molecule has 0 spiro atoms. The van der Waals surface area contributed by atoms with Gasteiger partial charge in [-0.15, -0.1) is 0 Å². The molecule has 1 nitrogen and oxygen atoms in total. The smallest absolute Gasteiger partial charge is 0.101 e. The predicted molar refractivity (Wildman–Crippen MR) is 51.8 cm³/mol. The number of hydrogen-bond donors (Lipinski definition) is 0. The SMILES string of the molecule is C=C1OC(CC)C(C)C(C)C1C. The summed E-state index contributed by atoms with van der Waals surface area (Å²) in [7, 11) is 0. The largest absolute Gasteiger partial charge is 0.495 e. The molecule has 0 saturated carbocycles. The van der Waals surface area contributed by atoms with E-state index in [2.05, 4.69) is 34.3 Å². The van der Waals surface area contributed by atoms with Crippen LogP contribution in [0.5, 0.6) is 0 Å². The fourth-order valence-corrected chi connectivity index (χ4v) is 1.95. The number of rotatable bonds is 1. The van der Waals surface area contributed by atoms with E-state index in [1.54, 1.807) is 0 Å². The van der Waals surface area contributed by atoms with Gasteiger partial charge in [-0.1, -0.05) is 34.3 Å². The van der Waals surface area contributed by atoms with E-state index in [9.17, 15) is 0 Å². The maximum Gasteiger partial charge on any atom is 0.101 e. The van der Waals surface area contributed by atoms with Crippen molar-refractivity contribution in [1.29, 1.82) is 0 Å². The van der Waals surface area contributed by atoms with Gasteiger partial charge in [-0.2, -0.15) is 0 Å². The first kappa shape index (κ1) is 9.63. The molecule has 70 valence electrons. The summed E-state index contributed by atoms with van der Waals surface area (Å²) in [6.07, 6.45) is 1.49. The number of hydrogen-bond acceptors (Lipinski definition) is 1. The van der Waals surface area contributed by atoms with Gasteiger partial charge in [0.2, 0.25) is 0 Å². The van der Waals surface area contributed by atoms with Crippen LogP contribution in [0.15, 0.2) is 12.3 Å². The van der Waals surface area contributed by atoms with Crippen molar-refractivity contribution in [3.63, 3.8) is 0 Å². The lowest BCUT2D eigenvalue weighted by atomic mass is 9.78. The average molecular weight is 168 g/mol. The molecule has 0 aromatic heterocycles. The second-order valence-electron chi connectivity index (χ2n) is 4.04. The average Bonchev–Trinajstić information content (AvgIpc) is 2.08. The third kappa shape index (κ3) is 1.50. The Labute approximate surface area is 75.8 Å². The Hall–Kier alpha value is -0.460. The molecule has 1 rings (SSSR count). The van der Waals surface area contributed by atoms with Crippen LogP contribution in [-0.2, 0) is 4.74 Å². The molecule has 4 unspecified atom stereocenters. The van der Waals surface area contributed by atoms with Crippen molar-refractivity contribution in [3.05, 3.63) is 12.3 Å². The highest BCUT2D eigenvalue weighted by molar-refractivity contribution is 4.99. The fraction of sp³-hybridized carbons (Fsp3) is 0.818. The van der Waals surface area contributed by atoms with E-state index < -0.39 is 0 Å². The van der Waals surface area contributed by atoms with Gasteiger partial charge in [-0.3, -0.25) is 0 Å². The van der Waals surface area contributed by atoms with E-state index in [4.69, 9.17) is 4.74 Å². The van der Waals surface area contributed by atoms with Crippen molar-refractivity contribution in [2.24, 2.45) is 17.8 Å². The Morgan fingerprint density at radius 3 is 2.33 bits per heavy atom. The van der Waals surface area contributed by atoms with E-state index in [1.807, 2.05) is 0 Å². The van der Waals surface area contributed by atoms with E-state index in [-0.39, 0.29) is 0 Å². The lowest BCUT2D eigenvalue weighted by Gasteiger charge is -2.39. The molecule has 0 radical (unpaired) electrons. The maximum absolute atomic E-state index is 5.74. The van der Waals surface area contributed by atoms with Crippen LogP contribution in [0.1, 0.15) is 34.1 Å². The van der Waals surface area contributed by atoms with Crippen molar-refractivity contribution >= 4 is 0 Å². The molecule has 0 amide bonds. The molecule has 1 fully saturated rings. The lowest BCUT2D eigenvalue weighted by Crippen LogP contribution is -2.36. The summed E-state index contributed by atoms with van der Waals surface area (Å²) in [6, 6.07) is 0. The van der Waals surface area contributed by atoms with E-state index >= 15 is 0 Å². The van der Waals surface area contributed by atoms with Gasteiger partial charge >= 0.3 is 0 Å². The highest BCUT2D eigenvalue weighted by Crippen LogP contribution is 2.37. The summed E-state index contributed by atoms with van der Waals surface area (Å²) >= 11 is 0. The predicted octanol–water partition coefficient (Wildman–Crippen LogP) is 3.22. The van der Waals surface area contributed by atoms with Crippen molar-refractivity contribution in [2.75, 3.05) is 0 Å². The Kier molecular flexibility index (Phi) is 2.81. The third-order valence-corrected chi connectivity index (χ3v) is 3.42. The van der Waals surface area contributed by atoms with Crippen molar-refractivity contribution in [3.8, 4) is 0 Å². The molecule has 1 aliphatic heterocycles. The molecule has 4 atom stereocenters. The van der Waals surface area contributed by atoms with E-state index in [0.717, 1.165) is 12.2 Å². The second kappa shape index (κ2) is 3.51. The molecule has 0 aromatic carbocycles. The Morgan fingerprint density at radius 2 is 1.83 bits per heavy atom. The molecule has 1 heterocycles. The molecular formula is C11H20O. The highest BCUT2D eigenvalue weighted by Gasteiger charge is 2.34. The Bertz CT molecular complexity index is 172. The second-order valence-corrected chi connectivity index (χ2v) is 4.04. The lowest BCUT2D eigenvalue weighted by molar-refractivity contribution is -0.0251. The molecule has 1 aliphatic rings.